The van der Waals surface area contributed by atoms with Crippen molar-refractivity contribution < 1.29 is 0 Å². The third kappa shape index (κ3) is 3.12. The molecule has 2 aliphatic rings. The van der Waals surface area contributed by atoms with Gasteiger partial charge in [-0.2, -0.15) is 0 Å². The number of hydrogen-bond donors (Lipinski definition) is 2. The van der Waals surface area contributed by atoms with Crippen LogP contribution in [0.3, 0.4) is 0 Å². The third-order valence-corrected chi connectivity index (χ3v) is 4.33. The second kappa shape index (κ2) is 5.71. The number of guanidine groups is 1. The van der Waals surface area contributed by atoms with Crippen molar-refractivity contribution in [2.24, 2.45) is 16.6 Å². The van der Waals surface area contributed by atoms with E-state index in [1.54, 1.807) is 0 Å². The molecule has 0 amide bonds. The highest BCUT2D eigenvalue weighted by atomic mass is 15.2. The van der Waals surface area contributed by atoms with Crippen molar-refractivity contribution >= 4 is 5.96 Å². The Labute approximate surface area is 105 Å². The molecule has 1 aliphatic heterocycles. The van der Waals surface area contributed by atoms with Crippen molar-refractivity contribution in [2.45, 2.75) is 51.6 Å². The average Bonchev–Trinajstić information content (AvgIpc) is 2.79. The quantitative estimate of drug-likeness (QED) is 0.571. The summed E-state index contributed by atoms with van der Waals surface area (Å²) in [6.45, 7) is 7.70. The number of nitrogens with one attached hydrogen (secondary N) is 1. The fourth-order valence-corrected chi connectivity index (χ4v) is 2.84. The molecule has 2 fully saturated rings. The standard InChI is InChI=1S/C13H26N4/c1-3-17-8-4-5-11(17)9-15-13(14)16-12-7-6-10(12)2/h10-12H,3-9H2,1-2H3,(H3,14,15,16). The van der Waals surface area contributed by atoms with Crippen molar-refractivity contribution in [3.05, 3.63) is 0 Å². The summed E-state index contributed by atoms with van der Waals surface area (Å²) < 4.78 is 0. The molecule has 1 aliphatic carbocycles. The van der Waals surface area contributed by atoms with Crippen LogP contribution in [0.2, 0.25) is 0 Å². The first-order valence-corrected chi connectivity index (χ1v) is 7.01. The van der Waals surface area contributed by atoms with Gasteiger partial charge in [-0.3, -0.25) is 9.89 Å². The second-order valence-electron chi connectivity index (χ2n) is 5.46. The number of likely N-dealkylation sites (N-methyl/N-ethyl adjacent to an activating group) is 1. The summed E-state index contributed by atoms with van der Waals surface area (Å²) in [4.78, 5) is 7.00. The van der Waals surface area contributed by atoms with Crippen LogP contribution in [-0.2, 0) is 0 Å². The SMILES string of the molecule is CCN1CCCC1CN=C(N)NC1CCC1C. The van der Waals surface area contributed by atoms with Crippen LogP contribution < -0.4 is 11.1 Å². The molecule has 1 saturated carbocycles. The van der Waals surface area contributed by atoms with Gasteiger partial charge in [0.25, 0.3) is 0 Å². The Morgan fingerprint density at radius 1 is 1.41 bits per heavy atom. The molecule has 3 atom stereocenters. The summed E-state index contributed by atoms with van der Waals surface area (Å²) in [5.41, 5.74) is 5.93. The molecule has 1 saturated heterocycles. The molecule has 0 radical (unpaired) electrons. The van der Waals surface area contributed by atoms with E-state index in [2.05, 4.69) is 29.1 Å². The number of nitrogens with zero attached hydrogens (tertiary/aromatic N) is 2. The fourth-order valence-electron chi connectivity index (χ4n) is 2.84. The van der Waals surface area contributed by atoms with E-state index in [0.717, 1.165) is 19.0 Å². The van der Waals surface area contributed by atoms with Gasteiger partial charge in [-0.1, -0.05) is 13.8 Å². The van der Waals surface area contributed by atoms with Gasteiger partial charge in [-0.25, -0.2) is 0 Å². The topological polar surface area (TPSA) is 53.6 Å². The Morgan fingerprint density at radius 3 is 2.82 bits per heavy atom. The van der Waals surface area contributed by atoms with Crippen LogP contribution in [0, 0.1) is 5.92 Å². The molecule has 4 heteroatoms. The molecular formula is C13H26N4. The maximum Gasteiger partial charge on any atom is 0.188 e. The summed E-state index contributed by atoms with van der Waals surface area (Å²) in [6.07, 6.45) is 5.13. The molecule has 2 rings (SSSR count). The van der Waals surface area contributed by atoms with E-state index in [1.165, 1.54) is 32.2 Å². The highest BCUT2D eigenvalue weighted by Crippen LogP contribution is 2.26. The van der Waals surface area contributed by atoms with Gasteiger partial charge in [0.15, 0.2) is 5.96 Å². The van der Waals surface area contributed by atoms with E-state index in [9.17, 15) is 0 Å². The monoisotopic (exact) mass is 238 g/mol. The van der Waals surface area contributed by atoms with E-state index in [1.807, 2.05) is 0 Å². The molecule has 0 aromatic heterocycles. The second-order valence-corrected chi connectivity index (χ2v) is 5.46. The van der Waals surface area contributed by atoms with Crippen molar-refractivity contribution in [2.75, 3.05) is 19.6 Å². The van der Waals surface area contributed by atoms with Crippen molar-refractivity contribution in [3.8, 4) is 0 Å². The van der Waals surface area contributed by atoms with Gasteiger partial charge in [0.1, 0.15) is 0 Å². The van der Waals surface area contributed by atoms with Gasteiger partial charge >= 0.3 is 0 Å². The molecule has 17 heavy (non-hydrogen) atoms. The first-order chi connectivity index (χ1) is 8.20. The summed E-state index contributed by atoms with van der Waals surface area (Å²) in [6, 6.07) is 1.17. The van der Waals surface area contributed by atoms with E-state index in [0.29, 0.717) is 18.0 Å². The molecule has 0 aromatic rings. The van der Waals surface area contributed by atoms with Gasteiger partial charge in [-0.15, -0.1) is 0 Å². The fraction of sp³-hybridized carbons (Fsp3) is 0.923. The zero-order chi connectivity index (χ0) is 12.3. The highest BCUT2D eigenvalue weighted by Gasteiger charge is 2.27. The van der Waals surface area contributed by atoms with Gasteiger partial charge in [0.05, 0.1) is 6.54 Å². The largest absolute Gasteiger partial charge is 0.370 e. The normalized spacial score (nSPS) is 34.7. The number of aliphatic imine (C=N–C) groups is 1. The molecule has 0 spiro atoms. The maximum absolute atomic E-state index is 5.93. The summed E-state index contributed by atoms with van der Waals surface area (Å²) >= 11 is 0. The predicted molar refractivity (Wildman–Crippen MR) is 72.1 cm³/mol. The first kappa shape index (κ1) is 12.7. The first-order valence-electron chi connectivity index (χ1n) is 7.01. The molecular weight excluding hydrogens is 212 g/mol. The van der Waals surface area contributed by atoms with Crippen molar-refractivity contribution in [3.63, 3.8) is 0 Å². The molecule has 0 aromatic carbocycles. The average molecular weight is 238 g/mol. The predicted octanol–water partition coefficient (Wildman–Crippen LogP) is 1.17. The molecule has 98 valence electrons. The molecule has 1 heterocycles. The lowest BCUT2D eigenvalue weighted by Crippen LogP contribution is -2.48. The van der Waals surface area contributed by atoms with Crippen molar-refractivity contribution in [1.82, 2.24) is 10.2 Å². The van der Waals surface area contributed by atoms with Crippen LogP contribution in [0.4, 0.5) is 0 Å². The van der Waals surface area contributed by atoms with Crippen molar-refractivity contribution in [1.29, 1.82) is 0 Å². The number of likely N-dealkylation sites (tertiary alicyclic amines) is 1. The molecule has 3 unspecified atom stereocenters. The Morgan fingerprint density at radius 2 is 2.24 bits per heavy atom. The Balaban J connectivity index is 1.75. The summed E-state index contributed by atoms with van der Waals surface area (Å²) in [5.74, 6) is 1.40. The zero-order valence-corrected chi connectivity index (χ0v) is 11.2. The van der Waals surface area contributed by atoms with Gasteiger partial charge in [0.2, 0.25) is 0 Å². The summed E-state index contributed by atoms with van der Waals surface area (Å²) in [5, 5.41) is 3.33. The van der Waals surface area contributed by atoms with Crippen LogP contribution in [0.15, 0.2) is 4.99 Å². The minimum Gasteiger partial charge on any atom is -0.370 e. The van der Waals surface area contributed by atoms with Crippen LogP contribution in [-0.4, -0.2) is 42.6 Å². The van der Waals surface area contributed by atoms with Gasteiger partial charge in [0, 0.05) is 12.1 Å². The van der Waals surface area contributed by atoms with Crippen LogP contribution >= 0.6 is 0 Å². The van der Waals surface area contributed by atoms with E-state index < -0.39 is 0 Å². The van der Waals surface area contributed by atoms with Gasteiger partial charge in [-0.05, 0) is 44.7 Å². The Bertz CT molecular complexity index is 277. The number of nitrogens with two attached hydrogens (primary N) is 1. The summed E-state index contributed by atoms with van der Waals surface area (Å²) in [7, 11) is 0. The van der Waals surface area contributed by atoms with E-state index in [4.69, 9.17) is 5.73 Å². The van der Waals surface area contributed by atoms with Crippen LogP contribution in [0.25, 0.3) is 0 Å². The number of rotatable bonds is 4. The molecule has 3 N–H and O–H groups in total. The molecule has 4 nitrogen and oxygen atoms in total. The van der Waals surface area contributed by atoms with Crippen LogP contribution in [0.1, 0.15) is 39.5 Å². The smallest absolute Gasteiger partial charge is 0.188 e. The van der Waals surface area contributed by atoms with Crippen LogP contribution in [0.5, 0.6) is 0 Å². The lowest BCUT2D eigenvalue weighted by Gasteiger charge is -2.34. The van der Waals surface area contributed by atoms with Gasteiger partial charge < -0.3 is 11.1 Å². The number of hydrogen-bond acceptors (Lipinski definition) is 2. The Hall–Kier alpha value is -0.770. The lowest BCUT2D eigenvalue weighted by atomic mass is 9.81. The third-order valence-electron chi connectivity index (χ3n) is 4.33. The highest BCUT2D eigenvalue weighted by molar-refractivity contribution is 5.78. The zero-order valence-electron chi connectivity index (χ0n) is 11.2. The molecule has 0 bridgehead atoms. The van der Waals surface area contributed by atoms with E-state index >= 15 is 0 Å². The minimum atomic E-state index is 0.560. The Kier molecular flexibility index (Phi) is 4.26. The lowest BCUT2D eigenvalue weighted by molar-refractivity contribution is 0.255. The maximum atomic E-state index is 5.93. The van der Waals surface area contributed by atoms with E-state index in [-0.39, 0.29) is 0 Å². The minimum absolute atomic E-state index is 0.560.